The lowest BCUT2D eigenvalue weighted by Gasteiger charge is -2.06. The number of ketones is 1. The minimum Gasteiger partial charge on any atom is -0.383 e. The highest BCUT2D eigenvalue weighted by atomic mass is 79.9. The number of fused-ring (bicyclic) bond motifs is 2. The Morgan fingerprint density at radius 2 is 1.37 bits per heavy atom. The number of nitrogens with one attached hydrogen (secondary N) is 4. The maximum atomic E-state index is 12.5. The van der Waals surface area contributed by atoms with Gasteiger partial charge in [-0.05, 0) is 49.4 Å². The Morgan fingerprint density at radius 3 is 1.93 bits per heavy atom. The van der Waals surface area contributed by atoms with Gasteiger partial charge in [-0.15, -0.1) is 0 Å². The van der Waals surface area contributed by atoms with Crippen molar-refractivity contribution in [2.75, 3.05) is 40.5 Å². The summed E-state index contributed by atoms with van der Waals surface area (Å²) in [6.45, 7) is 3.17. The van der Waals surface area contributed by atoms with E-state index >= 15 is 0 Å². The van der Waals surface area contributed by atoms with Crippen molar-refractivity contribution in [2.45, 2.75) is 6.92 Å². The van der Waals surface area contributed by atoms with Gasteiger partial charge in [0.05, 0.1) is 24.5 Å². The van der Waals surface area contributed by atoms with Crippen LogP contribution in [0.15, 0.2) is 63.9 Å². The van der Waals surface area contributed by atoms with Crippen LogP contribution in [0.25, 0.3) is 33.1 Å². The maximum Gasteiger partial charge on any atom is 0.268 e. The van der Waals surface area contributed by atoms with Crippen molar-refractivity contribution in [3.05, 3.63) is 80.9 Å². The number of carbonyl (C=O) groups excluding carboxylic acids is 3. The number of hydrogen-bond donors (Lipinski definition) is 4. The van der Waals surface area contributed by atoms with Crippen molar-refractivity contribution < 1.29 is 23.9 Å². The van der Waals surface area contributed by atoms with Gasteiger partial charge in [-0.3, -0.25) is 14.4 Å². The first-order valence-corrected chi connectivity index (χ1v) is 14.8. The van der Waals surface area contributed by atoms with Crippen molar-refractivity contribution in [3.8, 4) is 11.3 Å². The molecule has 5 rings (SSSR count). The van der Waals surface area contributed by atoms with E-state index in [0.29, 0.717) is 48.9 Å². The Balaban J connectivity index is 0.000000199. The van der Waals surface area contributed by atoms with E-state index in [9.17, 15) is 14.4 Å². The zero-order chi connectivity index (χ0) is 30.9. The number of benzene rings is 2. The second kappa shape index (κ2) is 15.0. The van der Waals surface area contributed by atoms with E-state index in [1.54, 1.807) is 26.5 Å². The standard InChI is InChI=1S/C16H15BrN4O2.C14H15BrN2O3/c1-23-7-6-19-16(22)15-14(13-4-5-18-9-20-13)11-8-10(17)2-3-12(11)21-15;1-8(18)12-10-7-9(15)3-4-11(10)17-13(12)14(19)16-5-6-20-2/h2-5,8-9,21H,6-7H2,1H3,(H,19,22);3-4,7,17H,5-6H2,1-2H3,(H,16,19). The molecule has 2 amide bonds. The lowest BCUT2D eigenvalue weighted by molar-refractivity contribution is 0.0920. The number of rotatable bonds is 10. The summed E-state index contributed by atoms with van der Waals surface area (Å²) in [6, 6.07) is 13.1. The lowest BCUT2D eigenvalue weighted by atomic mass is 10.1. The molecule has 13 heteroatoms. The SMILES string of the molecule is COCCNC(=O)c1[nH]c2ccc(Br)cc2c1-c1ccncn1.COCCNC(=O)c1[nH]c2ccc(Br)cc2c1C(C)=O. The van der Waals surface area contributed by atoms with Crippen LogP contribution in [-0.2, 0) is 9.47 Å². The molecule has 0 bridgehead atoms. The first-order chi connectivity index (χ1) is 20.7. The molecule has 0 fully saturated rings. The predicted octanol–water partition coefficient (Wildman–Crippen LogP) is 5.27. The third kappa shape index (κ3) is 7.73. The second-order valence-electron chi connectivity index (χ2n) is 9.28. The Bertz CT molecular complexity index is 1750. The fourth-order valence-electron chi connectivity index (χ4n) is 4.45. The quantitative estimate of drug-likeness (QED) is 0.114. The number of Topliss-reactive ketones (excluding diaryl/α,β-unsaturated/α-hetero) is 1. The molecule has 0 aliphatic carbocycles. The van der Waals surface area contributed by atoms with Crippen LogP contribution in [0.3, 0.4) is 0 Å². The molecule has 43 heavy (non-hydrogen) atoms. The molecule has 0 unspecified atom stereocenters. The maximum absolute atomic E-state index is 12.5. The van der Waals surface area contributed by atoms with Gasteiger partial charge in [0.15, 0.2) is 5.78 Å². The lowest BCUT2D eigenvalue weighted by Crippen LogP contribution is -2.28. The highest BCUT2D eigenvalue weighted by Gasteiger charge is 2.21. The third-order valence-corrected chi connectivity index (χ3v) is 7.34. The van der Waals surface area contributed by atoms with Crippen LogP contribution in [0.5, 0.6) is 0 Å². The second-order valence-corrected chi connectivity index (χ2v) is 11.1. The predicted molar refractivity (Wildman–Crippen MR) is 171 cm³/mol. The average molecular weight is 714 g/mol. The Hall–Kier alpha value is -3.91. The third-order valence-electron chi connectivity index (χ3n) is 6.35. The first kappa shape index (κ1) is 32.0. The minimum absolute atomic E-state index is 0.147. The largest absolute Gasteiger partial charge is 0.383 e. The van der Waals surface area contributed by atoms with Crippen LogP contribution in [0, 0.1) is 0 Å². The van der Waals surface area contributed by atoms with Gasteiger partial charge in [0.1, 0.15) is 17.7 Å². The van der Waals surface area contributed by atoms with Gasteiger partial charge in [0.25, 0.3) is 11.8 Å². The van der Waals surface area contributed by atoms with E-state index in [1.807, 2.05) is 36.4 Å². The summed E-state index contributed by atoms with van der Waals surface area (Å²) < 4.78 is 11.6. The van der Waals surface area contributed by atoms with E-state index < -0.39 is 0 Å². The zero-order valence-electron chi connectivity index (χ0n) is 23.7. The van der Waals surface area contributed by atoms with E-state index in [4.69, 9.17) is 9.47 Å². The fourth-order valence-corrected chi connectivity index (χ4v) is 5.17. The summed E-state index contributed by atoms with van der Waals surface area (Å²) in [5.74, 6) is -0.645. The van der Waals surface area contributed by atoms with Gasteiger partial charge in [0.2, 0.25) is 0 Å². The normalized spacial score (nSPS) is 10.8. The van der Waals surface area contributed by atoms with Crippen LogP contribution in [0.2, 0.25) is 0 Å². The molecule has 0 aliphatic rings. The summed E-state index contributed by atoms with van der Waals surface area (Å²) >= 11 is 6.84. The molecular formula is C30H30Br2N6O5. The van der Waals surface area contributed by atoms with Crippen LogP contribution in [0.4, 0.5) is 0 Å². The Morgan fingerprint density at radius 1 is 0.814 bits per heavy atom. The Kier molecular flexibility index (Phi) is 11.2. The number of hydrogen-bond acceptors (Lipinski definition) is 7. The zero-order valence-corrected chi connectivity index (χ0v) is 26.9. The van der Waals surface area contributed by atoms with Crippen LogP contribution >= 0.6 is 31.9 Å². The number of aromatic amines is 2. The number of amides is 2. The summed E-state index contributed by atoms with van der Waals surface area (Å²) in [5.41, 5.74) is 4.28. The number of methoxy groups -OCH3 is 2. The topological polar surface area (TPSA) is 151 Å². The molecular weight excluding hydrogens is 684 g/mol. The molecule has 0 atom stereocenters. The number of ether oxygens (including phenoxy) is 2. The van der Waals surface area contributed by atoms with Crippen molar-refractivity contribution >= 4 is 71.3 Å². The fraction of sp³-hybridized carbons (Fsp3) is 0.233. The Labute approximate surface area is 264 Å². The van der Waals surface area contributed by atoms with Crippen molar-refractivity contribution in [1.82, 2.24) is 30.6 Å². The van der Waals surface area contributed by atoms with E-state index in [0.717, 1.165) is 36.3 Å². The summed E-state index contributed by atoms with van der Waals surface area (Å²) in [7, 11) is 3.16. The van der Waals surface area contributed by atoms with Gasteiger partial charge in [-0.1, -0.05) is 31.9 Å². The number of halogens is 2. The van der Waals surface area contributed by atoms with E-state index in [-0.39, 0.29) is 17.6 Å². The number of nitrogens with zero attached hydrogens (tertiary/aromatic N) is 2. The molecule has 0 spiro atoms. The smallest absolute Gasteiger partial charge is 0.268 e. The van der Waals surface area contributed by atoms with Gasteiger partial charge >= 0.3 is 0 Å². The molecule has 3 aromatic heterocycles. The molecule has 224 valence electrons. The molecule has 5 aromatic rings. The van der Waals surface area contributed by atoms with Crippen molar-refractivity contribution in [3.63, 3.8) is 0 Å². The molecule has 4 N–H and O–H groups in total. The van der Waals surface area contributed by atoms with E-state index in [1.165, 1.54) is 13.3 Å². The first-order valence-electron chi connectivity index (χ1n) is 13.2. The number of aromatic nitrogens is 4. The summed E-state index contributed by atoms with van der Waals surface area (Å²) in [5, 5.41) is 7.21. The average Bonchev–Trinajstić information content (AvgIpc) is 3.56. The molecule has 11 nitrogen and oxygen atoms in total. The molecule has 0 radical (unpaired) electrons. The van der Waals surface area contributed by atoms with Crippen molar-refractivity contribution in [1.29, 1.82) is 0 Å². The number of carbonyl (C=O) groups is 3. The highest BCUT2D eigenvalue weighted by molar-refractivity contribution is 9.10. The van der Waals surface area contributed by atoms with Gasteiger partial charge in [-0.2, -0.15) is 0 Å². The van der Waals surface area contributed by atoms with E-state index in [2.05, 4.69) is 62.4 Å². The molecule has 3 heterocycles. The van der Waals surface area contributed by atoms with Crippen LogP contribution in [0.1, 0.15) is 38.3 Å². The van der Waals surface area contributed by atoms with Crippen LogP contribution < -0.4 is 10.6 Å². The van der Waals surface area contributed by atoms with Gasteiger partial charge < -0.3 is 30.1 Å². The summed E-state index contributed by atoms with van der Waals surface area (Å²) in [4.78, 5) is 50.9. The molecule has 0 saturated heterocycles. The summed E-state index contributed by atoms with van der Waals surface area (Å²) in [6.07, 6.45) is 3.13. The van der Waals surface area contributed by atoms with Gasteiger partial charge in [-0.25, -0.2) is 9.97 Å². The van der Waals surface area contributed by atoms with Gasteiger partial charge in [0, 0.05) is 69.8 Å². The monoisotopic (exact) mass is 712 g/mol. The molecule has 2 aromatic carbocycles. The molecule has 0 aliphatic heterocycles. The van der Waals surface area contributed by atoms with Crippen LogP contribution in [-0.4, -0.2) is 78.1 Å². The minimum atomic E-state index is -0.306. The van der Waals surface area contributed by atoms with Crippen molar-refractivity contribution in [2.24, 2.45) is 0 Å². The number of H-pyrrole nitrogens is 2. The highest BCUT2D eigenvalue weighted by Crippen LogP contribution is 2.33. The molecule has 0 saturated carbocycles.